The monoisotopic (exact) mass is 444 g/mol. The Morgan fingerprint density at radius 2 is 1.35 bits per heavy atom. The van der Waals surface area contributed by atoms with Crippen LogP contribution in [0, 0.1) is 5.92 Å². The Morgan fingerprint density at radius 1 is 0.839 bits per heavy atom. The third-order valence-electron chi connectivity index (χ3n) is 6.00. The molecule has 0 heterocycles. The summed E-state index contributed by atoms with van der Waals surface area (Å²) in [7, 11) is 0. The van der Waals surface area contributed by atoms with Gasteiger partial charge in [-0.1, -0.05) is 48.5 Å². The van der Waals surface area contributed by atoms with Gasteiger partial charge in [-0.2, -0.15) is 22.0 Å². The molecule has 2 aromatic carbocycles. The van der Waals surface area contributed by atoms with Gasteiger partial charge >= 0.3 is 12.1 Å². The van der Waals surface area contributed by atoms with Crippen molar-refractivity contribution < 1.29 is 31.1 Å². The molecular formula is C24H26F6O. The van der Waals surface area contributed by atoms with E-state index in [0.29, 0.717) is 17.4 Å². The first-order valence-corrected chi connectivity index (χ1v) is 10.5. The maximum absolute atomic E-state index is 13.8. The van der Waals surface area contributed by atoms with E-state index < -0.39 is 23.8 Å². The maximum atomic E-state index is 13.8. The van der Waals surface area contributed by atoms with Crippen LogP contribution in [0.1, 0.15) is 49.7 Å². The Kier molecular flexibility index (Phi) is 7.35. The number of rotatable bonds is 7. The molecule has 1 aliphatic rings. The van der Waals surface area contributed by atoms with Crippen molar-refractivity contribution in [3.63, 3.8) is 0 Å². The van der Waals surface area contributed by atoms with Gasteiger partial charge < -0.3 is 4.74 Å². The summed E-state index contributed by atoms with van der Waals surface area (Å²) in [4.78, 5) is 0. The van der Waals surface area contributed by atoms with Crippen LogP contribution < -0.4 is 0 Å². The molecule has 0 saturated heterocycles. The van der Waals surface area contributed by atoms with Crippen molar-refractivity contribution in [1.82, 2.24) is 0 Å². The van der Waals surface area contributed by atoms with Gasteiger partial charge in [0.1, 0.15) is 0 Å². The van der Waals surface area contributed by atoms with E-state index in [1.54, 1.807) is 0 Å². The highest BCUT2D eigenvalue weighted by Gasteiger charge is 2.57. The first-order valence-electron chi connectivity index (χ1n) is 10.5. The molecule has 3 rings (SSSR count). The molecule has 1 nitrogen and oxygen atoms in total. The van der Waals surface area contributed by atoms with E-state index in [1.807, 2.05) is 31.2 Å². The predicted octanol–water partition coefficient (Wildman–Crippen LogP) is 7.66. The normalized spacial score (nSPS) is 21.1. The van der Waals surface area contributed by atoms with Gasteiger partial charge in [-0.05, 0) is 61.1 Å². The van der Waals surface area contributed by atoms with Crippen LogP contribution in [0.2, 0.25) is 0 Å². The zero-order valence-corrected chi connectivity index (χ0v) is 17.3. The van der Waals surface area contributed by atoms with Crippen LogP contribution in [0.4, 0.5) is 26.3 Å². The predicted molar refractivity (Wildman–Crippen MR) is 108 cm³/mol. The highest BCUT2D eigenvalue weighted by molar-refractivity contribution is 5.64. The van der Waals surface area contributed by atoms with Crippen LogP contribution >= 0.6 is 0 Å². The molecule has 1 unspecified atom stereocenters. The zero-order valence-electron chi connectivity index (χ0n) is 17.3. The molecule has 0 aromatic heterocycles. The molecule has 1 atom stereocenters. The Balaban J connectivity index is 1.65. The van der Waals surface area contributed by atoms with Gasteiger partial charge in [0.2, 0.25) is 0 Å². The van der Waals surface area contributed by atoms with Crippen LogP contribution in [0.3, 0.4) is 0 Å². The van der Waals surface area contributed by atoms with Gasteiger partial charge in [0.25, 0.3) is 6.17 Å². The molecule has 1 fully saturated rings. The van der Waals surface area contributed by atoms with Crippen molar-refractivity contribution in [3.8, 4) is 11.1 Å². The van der Waals surface area contributed by atoms with E-state index in [1.165, 1.54) is 17.7 Å². The fraction of sp³-hybridized carbons (Fsp3) is 0.500. The molecule has 7 heteroatoms. The number of ether oxygens (including phenoxy) is 1. The zero-order chi connectivity index (χ0) is 22.6. The van der Waals surface area contributed by atoms with E-state index >= 15 is 0 Å². The second-order valence-electron chi connectivity index (χ2n) is 8.10. The van der Waals surface area contributed by atoms with Crippen LogP contribution in [-0.2, 0) is 10.7 Å². The van der Waals surface area contributed by atoms with Gasteiger partial charge in [0.15, 0.2) is 0 Å². The highest BCUT2D eigenvalue weighted by Crippen LogP contribution is 2.42. The van der Waals surface area contributed by atoms with Gasteiger partial charge in [0.05, 0.1) is 0 Å². The average Bonchev–Trinajstić information content (AvgIpc) is 2.77. The third kappa shape index (κ3) is 5.62. The number of alkyl halides is 6. The van der Waals surface area contributed by atoms with Gasteiger partial charge in [-0.3, -0.25) is 0 Å². The van der Waals surface area contributed by atoms with Crippen LogP contribution in [0.15, 0.2) is 48.5 Å². The lowest BCUT2D eigenvalue weighted by Crippen LogP contribution is -2.39. The van der Waals surface area contributed by atoms with Crippen molar-refractivity contribution in [2.75, 3.05) is 13.2 Å². The molecule has 31 heavy (non-hydrogen) atoms. The maximum Gasteiger partial charge on any atom is 0.426 e. The first-order chi connectivity index (χ1) is 14.6. The van der Waals surface area contributed by atoms with E-state index in [4.69, 9.17) is 4.74 Å². The lowest BCUT2D eigenvalue weighted by Gasteiger charge is -2.28. The van der Waals surface area contributed by atoms with Crippen molar-refractivity contribution in [3.05, 3.63) is 59.7 Å². The van der Waals surface area contributed by atoms with Crippen molar-refractivity contribution >= 4 is 0 Å². The molecule has 0 N–H and O–H groups in total. The molecule has 0 bridgehead atoms. The minimum atomic E-state index is -5.62. The molecule has 1 aliphatic carbocycles. The van der Waals surface area contributed by atoms with E-state index in [0.717, 1.165) is 56.6 Å². The Labute approximate surface area is 178 Å². The van der Waals surface area contributed by atoms with E-state index in [2.05, 4.69) is 0 Å². The van der Waals surface area contributed by atoms with Gasteiger partial charge in [0, 0.05) is 18.8 Å². The minimum absolute atomic E-state index is 0.469. The van der Waals surface area contributed by atoms with Crippen LogP contribution in [0.5, 0.6) is 0 Å². The number of hydrogen-bond acceptors (Lipinski definition) is 1. The molecule has 0 spiro atoms. The lowest BCUT2D eigenvalue weighted by atomic mass is 9.79. The molecule has 1 saturated carbocycles. The number of hydrogen-bond donors (Lipinski definition) is 0. The van der Waals surface area contributed by atoms with Crippen LogP contribution in [-0.4, -0.2) is 25.6 Å². The van der Waals surface area contributed by atoms with Gasteiger partial charge in [-0.15, -0.1) is 0 Å². The largest absolute Gasteiger partial charge is 0.426 e. The summed E-state index contributed by atoms with van der Waals surface area (Å²) in [5.41, 5.74) is 1.55. The fourth-order valence-electron chi connectivity index (χ4n) is 4.13. The Morgan fingerprint density at radius 3 is 1.84 bits per heavy atom. The summed E-state index contributed by atoms with van der Waals surface area (Å²) in [6, 6.07) is 12.0. The summed E-state index contributed by atoms with van der Waals surface area (Å²) in [5.74, 6) is -3.56. The SMILES string of the molecule is CCOCC1CCC(c2ccc(-c3ccc(C(F)(F)C(F)C(F)(F)F)cc3)cc2)CC1. The summed E-state index contributed by atoms with van der Waals surface area (Å²) < 4.78 is 83.5. The number of benzene rings is 2. The lowest BCUT2D eigenvalue weighted by molar-refractivity contribution is -0.248. The summed E-state index contributed by atoms with van der Waals surface area (Å²) in [6.07, 6.45) is -5.45. The minimum Gasteiger partial charge on any atom is -0.381 e. The Bertz CT molecular complexity index is 821. The van der Waals surface area contributed by atoms with E-state index in [-0.39, 0.29) is 0 Å². The van der Waals surface area contributed by atoms with Crippen LogP contribution in [0.25, 0.3) is 11.1 Å². The van der Waals surface area contributed by atoms with Crippen molar-refractivity contribution in [1.29, 1.82) is 0 Å². The molecule has 0 aliphatic heterocycles. The Hall–Kier alpha value is -2.02. The average molecular weight is 444 g/mol. The molecule has 170 valence electrons. The standard InChI is InChI=1S/C24H26F6O/c1-2-31-15-16-3-5-17(6-4-16)18-7-9-19(10-8-18)20-11-13-21(14-12-20)23(26,27)22(25)24(28,29)30/h7-14,16-17,22H,2-6,15H2,1H3. The summed E-state index contributed by atoms with van der Waals surface area (Å²) >= 11 is 0. The van der Waals surface area contributed by atoms with Crippen molar-refractivity contribution in [2.45, 2.75) is 56.8 Å². The molecule has 2 aromatic rings. The second-order valence-corrected chi connectivity index (χ2v) is 8.10. The summed E-state index contributed by atoms with van der Waals surface area (Å²) in [5, 5.41) is 0. The summed E-state index contributed by atoms with van der Waals surface area (Å²) in [6.45, 7) is 3.53. The van der Waals surface area contributed by atoms with Crippen molar-refractivity contribution in [2.24, 2.45) is 5.92 Å². The third-order valence-corrected chi connectivity index (χ3v) is 6.00. The smallest absolute Gasteiger partial charge is 0.381 e. The molecule has 0 amide bonds. The van der Waals surface area contributed by atoms with Gasteiger partial charge in [-0.25, -0.2) is 4.39 Å². The first kappa shape index (κ1) is 23.6. The number of halogens is 6. The topological polar surface area (TPSA) is 9.23 Å². The fourth-order valence-corrected chi connectivity index (χ4v) is 4.13. The molecular weight excluding hydrogens is 418 g/mol. The highest BCUT2D eigenvalue weighted by atomic mass is 19.4. The second kappa shape index (κ2) is 9.63. The van der Waals surface area contributed by atoms with E-state index in [9.17, 15) is 26.3 Å². The quantitative estimate of drug-likeness (QED) is 0.399. The molecule has 0 radical (unpaired) electrons.